The van der Waals surface area contributed by atoms with Crippen molar-refractivity contribution in [2.75, 3.05) is 13.1 Å². The Morgan fingerprint density at radius 3 is 2.61 bits per heavy atom. The standard InChI is InChI=1S/C24H26ClN5O3/c1-4-29-18-14-30(24(2,3)22(32)27-13-15-6-5-11-26-12-15)21(31)19(18)20(28-23(29)33)16-7-9-17(25)10-8-16/h5-12,20H,4,13-14H2,1-3H3,(H,27,32)(H,28,33)/t20-/m0/s1. The van der Waals surface area contributed by atoms with Gasteiger partial charge in [-0.05, 0) is 50.1 Å². The average Bonchev–Trinajstić information content (AvgIpc) is 3.16. The molecule has 1 aromatic heterocycles. The van der Waals surface area contributed by atoms with Crippen LogP contribution in [0.5, 0.6) is 0 Å². The molecule has 4 rings (SSSR count). The fourth-order valence-electron chi connectivity index (χ4n) is 4.21. The summed E-state index contributed by atoms with van der Waals surface area (Å²) in [4.78, 5) is 46.7. The first-order valence-electron chi connectivity index (χ1n) is 10.8. The molecule has 172 valence electrons. The first kappa shape index (κ1) is 22.8. The molecular formula is C24H26ClN5O3. The second kappa shape index (κ2) is 8.86. The Bertz CT molecular complexity index is 1110. The van der Waals surface area contributed by atoms with Gasteiger partial charge in [-0.15, -0.1) is 0 Å². The minimum atomic E-state index is -1.14. The lowest BCUT2D eigenvalue weighted by Gasteiger charge is -2.35. The van der Waals surface area contributed by atoms with Crippen molar-refractivity contribution >= 4 is 29.4 Å². The monoisotopic (exact) mass is 467 g/mol. The van der Waals surface area contributed by atoms with E-state index < -0.39 is 11.6 Å². The van der Waals surface area contributed by atoms with Crippen LogP contribution in [-0.2, 0) is 16.1 Å². The molecule has 0 fully saturated rings. The van der Waals surface area contributed by atoms with Crippen molar-refractivity contribution in [3.63, 3.8) is 0 Å². The molecule has 2 N–H and O–H groups in total. The number of hydrogen-bond donors (Lipinski definition) is 2. The Balaban J connectivity index is 1.61. The molecule has 0 saturated carbocycles. The van der Waals surface area contributed by atoms with Crippen molar-refractivity contribution in [1.82, 2.24) is 25.4 Å². The second-order valence-corrected chi connectivity index (χ2v) is 8.97. The predicted molar refractivity (Wildman–Crippen MR) is 124 cm³/mol. The molecule has 0 saturated heterocycles. The molecule has 2 aromatic rings. The van der Waals surface area contributed by atoms with Gasteiger partial charge in [0, 0.05) is 30.5 Å². The molecule has 0 unspecified atom stereocenters. The van der Waals surface area contributed by atoms with Crippen LogP contribution < -0.4 is 10.6 Å². The molecular weight excluding hydrogens is 442 g/mol. The number of carbonyl (C=O) groups is 3. The highest BCUT2D eigenvalue weighted by atomic mass is 35.5. The van der Waals surface area contributed by atoms with E-state index in [0.717, 1.165) is 11.1 Å². The van der Waals surface area contributed by atoms with E-state index in [1.807, 2.05) is 13.0 Å². The fourth-order valence-corrected chi connectivity index (χ4v) is 4.33. The Labute approximate surface area is 197 Å². The van der Waals surface area contributed by atoms with E-state index in [4.69, 9.17) is 11.6 Å². The van der Waals surface area contributed by atoms with Gasteiger partial charge in [-0.2, -0.15) is 0 Å². The van der Waals surface area contributed by atoms with Crippen molar-refractivity contribution in [2.45, 2.75) is 38.9 Å². The minimum absolute atomic E-state index is 0.173. The van der Waals surface area contributed by atoms with Crippen molar-refractivity contribution in [3.8, 4) is 0 Å². The summed E-state index contributed by atoms with van der Waals surface area (Å²) in [5, 5.41) is 6.40. The zero-order valence-corrected chi connectivity index (χ0v) is 19.5. The summed E-state index contributed by atoms with van der Waals surface area (Å²) in [5.74, 6) is -0.560. The predicted octanol–water partition coefficient (Wildman–Crippen LogP) is 3.01. The number of carbonyl (C=O) groups excluding carboxylic acids is 3. The van der Waals surface area contributed by atoms with Crippen molar-refractivity contribution in [3.05, 3.63) is 76.2 Å². The number of amides is 4. The van der Waals surface area contributed by atoms with Crippen LogP contribution in [0.1, 0.15) is 37.9 Å². The Morgan fingerprint density at radius 2 is 1.97 bits per heavy atom. The normalized spacial score (nSPS) is 18.4. The molecule has 1 aromatic carbocycles. The smallest absolute Gasteiger partial charge is 0.322 e. The van der Waals surface area contributed by atoms with Gasteiger partial charge in [0.15, 0.2) is 0 Å². The number of benzene rings is 1. The number of pyridine rings is 1. The summed E-state index contributed by atoms with van der Waals surface area (Å²) in [7, 11) is 0. The maximum atomic E-state index is 13.7. The van der Waals surface area contributed by atoms with Crippen molar-refractivity contribution in [2.24, 2.45) is 0 Å². The molecule has 8 nitrogen and oxygen atoms in total. The third-order valence-corrected chi connectivity index (χ3v) is 6.40. The largest absolute Gasteiger partial charge is 0.350 e. The van der Waals surface area contributed by atoms with E-state index in [-0.39, 0.29) is 24.4 Å². The van der Waals surface area contributed by atoms with Crippen LogP contribution in [-0.4, -0.2) is 51.3 Å². The van der Waals surface area contributed by atoms with Crippen LogP contribution >= 0.6 is 11.6 Å². The number of nitrogens with zero attached hydrogens (tertiary/aromatic N) is 3. The summed E-state index contributed by atoms with van der Waals surface area (Å²) < 4.78 is 0. The van der Waals surface area contributed by atoms with Crippen LogP contribution in [0.4, 0.5) is 4.79 Å². The van der Waals surface area contributed by atoms with Crippen LogP contribution in [0.2, 0.25) is 5.02 Å². The molecule has 2 aliphatic rings. The molecule has 0 radical (unpaired) electrons. The maximum absolute atomic E-state index is 13.7. The van der Waals surface area contributed by atoms with Gasteiger partial charge in [0.05, 0.1) is 23.9 Å². The minimum Gasteiger partial charge on any atom is -0.350 e. The maximum Gasteiger partial charge on any atom is 0.322 e. The number of halogens is 1. The van der Waals surface area contributed by atoms with Crippen LogP contribution in [0, 0.1) is 0 Å². The first-order chi connectivity index (χ1) is 15.7. The van der Waals surface area contributed by atoms with Gasteiger partial charge in [-0.1, -0.05) is 29.8 Å². The van der Waals surface area contributed by atoms with Gasteiger partial charge >= 0.3 is 6.03 Å². The molecule has 33 heavy (non-hydrogen) atoms. The lowest BCUT2D eigenvalue weighted by molar-refractivity contribution is -0.141. The van der Waals surface area contributed by atoms with E-state index in [1.54, 1.807) is 61.5 Å². The van der Waals surface area contributed by atoms with Gasteiger partial charge in [-0.25, -0.2) is 4.79 Å². The Morgan fingerprint density at radius 1 is 1.24 bits per heavy atom. The summed E-state index contributed by atoms with van der Waals surface area (Å²) in [6.45, 7) is 6.17. The van der Waals surface area contributed by atoms with E-state index in [9.17, 15) is 14.4 Å². The number of rotatable bonds is 6. The van der Waals surface area contributed by atoms with Crippen molar-refractivity contribution < 1.29 is 14.4 Å². The molecule has 3 heterocycles. The van der Waals surface area contributed by atoms with Crippen LogP contribution in [0.25, 0.3) is 0 Å². The van der Waals surface area contributed by atoms with E-state index in [0.29, 0.717) is 29.4 Å². The number of nitrogens with one attached hydrogen (secondary N) is 2. The summed E-state index contributed by atoms with van der Waals surface area (Å²) in [6.07, 6.45) is 3.35. The molecule has 1 atom stereocenters. The SMILES string of the molecule is CCN1C(=O)N[C@@H](c2ccc(Cl)cc2)C2=C1CN(C(C)(C)C(=O)NCc1cccnc1)C2=O. The van der Waals surface area contributed by atoms with Gasteiger partial charge in [0.2, 0.25) is 5.91 Å². The van der Waals surface area contributed by atoms with E-state index >= 15 is 0 Å². The summed E-state index contributed by atoms with van der Waals surface area (Å²) in [6, 6.07) is 9.82. The summed E-state index contributed by atoms with van der Waals surface area (Å²) in [5.41, 5.74) is 1.58. The highest BCUT2D eigenvalue weighted by Crippen LogP contribution is 2.39. The molecule has 4 amide bonds. The average molecular weight is 468 g/mol. The molecule has 0 spiro atoms. The Hall–Kier alpha value is -3.39. The molecule has 2 aliphatic heterocycles. The molecule has 9 heteroatoms. The van der Waals surface area contributed by atoms with Gasteiger partial charge < -0.3 is 15.5 Å². The highest BCUT2D eigenvalue weighted by molar-refractivity contribution is 6.30. The van der Waals surface area contributed by atoms with Crippen LogP contribution in [0.3, 0.4) is 0 Å². The second-order valence-electron chi connectivity index (χ2n) is 8.53. The summed E-state index contributed by atoms with van der Waals surface area (Å²) >= 11 is 6.03. The van der Waals surface area contributed by atoms with Crippen molar-refractivity contribution in [1.29, 1.82) is 0 Å². The number of aromatic nitrogens is 1. The molecule has 0 bridgehead atoms. The fraction of sp³-hybridized carbons (Fsp3) is 0.333. The Kier molecular flexibility index (Phi) is 6.12. The highest BCUT2D eigenvalue weighted by Gasteiger charge is 2.49. The zero-order chi connectivity index (χ0) is 23.8. The first-order valence-corrected chi connectivity index (χ1v) is 11.2. The topological polar surface area (TPSA) is 94.6 Å². The van der Waals surface area contributed by atoms with E-state index in [2.05, 4.69) is 15.6 Å². The van der Waals surface area contributed by atoms with Gasteiger partial charge in [0.25, 0.3) is 5.91 Å². The quantitative estimate of drug-likeness (QED) is 0.682. The number of hydrogen-bond acceptors (Lipinski definition) is 4. The van der Waals surface area contributed by atoms with E-state index in [1.165, 1.54) is 4.90 Å². The lowest BCUT2D eigenvalue weighted by atomic mass is 9.95. The number of likely N-dealkylation sites (N-methyl/N-ethyl adjacent to an activating group) is 1. The molecule has 0 aliphatic carbocycles. The van der Waals surface area contributed by atoms with Gasteiger partial charge in [0.1, 0.15) is 5.54 Å². The number of urea groups is 1. The third-order valence-electron chi connectivity index (χ3n) is 6.15. The zero-order valence-electron chi connectivity index (χ0n) is 18.8. The van der Waals surface area contributed by atoms with Gasteiger partial charge in [-0.3, -0.25) is 19.5 Å². The van der Waals surface area contributed by atoms with Crippen LogP contribution in [0.15, 0.2) is 60.1 Å². The third kappa shape index (κ3) is 4.18. The lowest BCUT2D eigenvalue weighted by Crippen LogP contribution is -2.56.